The van der Waals surface area contributed by atoms with Gasteiger partial charge in [0.1, 0.15) is 6.54 Å². The molecule has 0 bridgehead atoms. The van der Waals surface area contributed by atoms with E-state index in [0.29, 0.717) is 5.92 Å². The third kappa shape index (κ3) is 3.04. The second kappa shape index (κ2) is 5.95. The van der Waals surface area contributed by atoms with Gasteiger partial charge in [-0.15, -0.1) is 0 Å². The highest BCUT2D eigenvalue weighted by Gasteiger charge is 2.24. The van der Waals surface area contributed by atoms with Gasteiger partial charge in [0.2, 0.25) is 5.91 Å². The van der Waals surface area contributed by atoms with Crippen LogP contribution in [0.3, 0.4) is 0 Å². The molecule has 1 aliphatic rings. The molecule has 2 aromatic heterocycles. The number of hydrogen-bond donors (Lipinski definition) is 1. The summed E-state index contributed by atoms with van der Waals surface area (Å²) < 4.78 is 1.45. The lowest BCUT2D eigenvalue weighted by molar-refractivity contribution is -0.132. The number of amides is 1. The van der Waals surface area contributed by atoms with Crippen molar-refractivity contribution < 1.29 is 4.79 Å². The van der Waals surface area contributed by atoms with Crippen LogP contribution in [0.5, 0.6) is 0 Å². The van der Waals surface area contributed by atoms with Crippen molar-refractivity contribution in [2.75, 3.05) is 13.1 Å². The SMILES string of the molecule is O=C(Cn1ccccc1=O)N1CCC(c2ccn[nH]2)CC1. The number of nitrogens with one attached hydrogen (secondary N) is 1. The lowest BCUT2D eigenvalue weighted by Crippen LogP contribution is -2.41. The Kier molecular flexibility index (Phi) is 3.85. The molecule has 21 heavy (non-hydrogen) atoms. The topological polar surface area (TPSA) is 71.0 Å². The van der Waals surface area contributed by atoms with Crippen LogP contribution in [0.15, 0.2) is 41.5 Å². The smallest absolute Gasteiger partial charge is 0.250 e. The maximum absolute atomic E-state index is 12.3. The van der Waals surface area contributed by atoms with Crippen molar-refractivity contribution in [2.45, 2.75) is 25.3 Å². The molecule has 3 rings (SSSR count). The average Bonchev–Trinajstić information content (AvgIpc) is 3.04. The number of rotatable bonds is 3. The minimum Gasteiger partial charge on any atom is -0.341 e. The Morgan fingerprint density at radius 2 is 2.10 bits per heavy atom. The first-order chi connectivity index (χ1) is 10.2. The summed E-state index contributed by atoms with van der Waals surface area (Å²) in [7, 11) is 0. The van der Waals surface area contributed by atoms with Gasteiger partial charge in [-0.1, -0.05) is 6.07 Å². The molecule has 1 saturated heterocycles. The van der Waals surface area contributed by atoms with E-state index in [1.165, 1.54) is 10.6 Å². The minimum absolute atomic E-state index is 0.00589. The van der Waals surface area contributed by atoms with Gasteiger partial charge < -0.3 is 9.47 Å². The van der Waals surface area contributed by atoms with Gasteiger partial charge in [0.25, 0.3) is 5.56 Å². The standard InChI is InChI=1S/C15H18N4O2/c20-14-3-1-2-8-19(14)11-15(21)18-9-5-12(6-10-18)13-4-7-16-17-13/h1-4,7-8,12H,5-6,9-11H2,(H,16,17). The first kappa shape index (κ1) is 13.6. The Bertz CT molecular complexity index is 654. The molecule has 2 aromatic rings. The number of carbonyl (C=O) groups is 1. The summed E-state index contributed by atoms with van der Waals surface area (Å²) in [5.74, 6) is 0.447. The van der Waals surface area contributed by atoms with Gasteiger partial charge in [-0.05, 0) is 25.0 Å². The molecule has 0 aromatic carbocycles. The van der Waals surface area contributed by atoms with Crippen molar-refractivity contribution in [3.8, 4) is 0 Å². The van der Waals surface area contributed by atoms with E-state index in [0.717, 1.165) is 31.6 Å². The van der Waals surface area contributed by atoms with E-state index in [2.05, 4.69) is 10.2 Å². The highest BCUT2D eigenvalue weighted by molar-refractivity contribution is 5.76. The van der Waals surface area contributed by atoms with Gasteiger partial charge in [-0.2, -0.15) is 5.10 Å². The molecule has 0 spiro atoms. The lowest BCUT2D eigenvalue weighted by Gasteiger charge is -2.31. The Labute approximate surface area is 122 Å². The maximum Gasteiger partial charge on any atom is 0.250 e. The summed E-state index contributed by atoms with van der Waals surface area (Å²) in [5, 5.41) is 6.97. The molecule has 1 N–H and O–H groups in total. The zero-order valence-electron chi connectivity index (χ0n) is 11.7. The van der Waals surface area contributed by atoms with Gasteiger partial charge >= 0.3 is 0 Å². The quantitative estimate of drug-likeness (QED) is 0.914. The van der Waals surface area contributed by atoms with E-state index < -0.39 is 0 Å². The van der Waals surface area contributed by atoms with Gasteiger partial charge in [0.05, 0.1) is 0 Å². The molecule has 110 valence electrons. The van der Waals surface area contributed by atoms with Gasteiger partial charge in [-0.3, -0.25) is 14.7 Å². The average molecular weight is 286 g/mol. The van der Waals surface area contributed by atoms with Crippen molar-refractivity contribution in [3.05, 3.63) is 52.7 Å². The molecule has 0 aliphatic carbocycles. The van der Waals surface area contributed by atoms with Crippen molar-refractivity contribution in [3.63, 3.8) is 0 Å². The van der Waals surface area contributed by atoms with Crippen molar-refractivity contribution in [2.24, 2.45) is 0 Å². The van der Waals surface area contributed by atoms with Gasteiger partial charge in [0, 0.05) is 43.2 Å². The predicted molar refractivity (Wildman–Crippen MR) is 77.8 cm³/mol. The number of hydrogen-bond acceptors (Lipinski definition) is 3. The molecule has 0 atom stereocenters. The van der Waals surface area contributed by atoms with Crippen LogP contribution in [0, 0.1) is 0 Å². The van der Waals surface area contributed by atoms with E-state index in [1.807, 2.05) is 11.0 Å². The number of H-pyrrole nitrogens is 1. The Morgan fingerprint density at radius 3 is 2.76 bits per heavy atom. The molecular formula is C15H18N4O2. The zero-order chi connectivity index (χ0) is 14.7. The van der Waals surface area contributed by atoms with Gasteiger partial charge in [0.15, 0.2) is 0 Å². The maximum atomic E-state index is 12.3. The van der Waals surface area contributed by atoms with E-state index in [1.54, 1.807) is 24.5 Å². The second-order valence-electron chi connectivity index (χ2n) is 5.33. The summed E-state index contributed by atoms with van der Waals surface area (Å²) >= 11 is 0. The number of likely N-dealkylation sites (tertiary alicyclic amines) is 1. The van der Waals surface area contributed by atoms with Crippen LogP contribution in [-0.2, 0) is 11.3 Å². The van der Waals surface area contributed by atoms with Crippen LogP contribution in [0.4, 0.5) is 0 Å². The van der Waals surface area contributed by atoms with E-state index in [-0.39, 0.29) is 18.0 Å². The lowest BCUT2D eigenvalue weighted by atomic mass is 9.94. The van der Waals surface area contributed by atoms with Crippen LogP contribution in [0.1, 0.15) is 24.5 Å². The fraction of sp³-hybridized carbons (Fsp3) is 0.400. The first-order valence-electron chi connectivity index (χ1n) is 7.16. The molecule has 0 radical (unpaired) electrons. The summed E-state index contributed by atoms with van der Waals surface area (Å²) in [4.78, 5) is 25.7. The monoisotopic (exact) mass is 286 g/mol. The van der Waals surface area contributed by atoms with Crippen LogP contribution < -0.4 is 5.56 Å². The number of pyridine rings is 1. The normalized spacial score (nSPS) is 16.1. The van der Waals surface area contributed by atoms with Crippen LogP contribution in [-0.4, -0.2) is 38.7 Å². The third-order valence-corrected chi connectivity index (χ3v) is 4.01. The molecule has 1 aliphatic heterocycles. The van der Waals surface area contributed by atoms with Crippen LogP contribution in [0.25, 0.3) is 0 Å². The van der Waals surface area contributed by atoms with Crippen molar-refractivity contribution in [1.29, 1.82) is 0 Å². The molecule has 0 unspecified atom stereocenters. The Hall–Kier alpha value is -2.37. The van der Waals surface area contributed by atoms with E-state index >= 15 is 0 Å². The molecule has 6 nitrogen and oxygen atoms in total. The molecule has 0 saturated carbocycles. The number of aromatic nitrogens is 3. The largest absolute Gasteiger partial charge is 0.341 e. The number of carbonyl (C=O) groups excluding carboxylic acids is 1. The minimum atomic E-state index is -0.141. The number of nitrogens with zero attached hydrogens (tertiary/aromatic N) is 3. The van der Waals surface area contributed by atoms with E-state index in [9.17, 15) is 9.59 Å². The zero-order valence-corrected chi connectivity index (χ0v) is 11.7. The van der Waals surface area contributed by atoms with Crippen LogP contribution >= 0.6 is 0 Å². The van der Waals surface area contributed by atoms with E-state index in [4.69, 9.17) is 0 Å². The summed E-state index contributed by atoms with van der Waals surface area (Å²) in [5.41, 5.74) is 1.000. The third-order valence-electron chi connectivity index (χ3n) is 4.01. The molecule has 1 fully saturated rings. The second-order valence-corrected chi connectivity index (χ2v) is 5.33. The Morgan fingerprint density at radius 1 is 1.29 bits per heavy atom. The fourth-order valence-electron chi connectivity index (χ4n) is 2.77. The first-order valence-corrected chi connectivity index (χ1v) is 7.16. The van der Waals surface area contributed by atoms with Crippen LogP contribution in [0.2, 0.25) is 0 Å². The molecule has 6 heteroatoms. The summed E-state index contributed by atoms with van der Waals surface area (Å²) in [6, 6.07) is 6.90. The summed E-state index contributed by atoms with van der Waals surface area (Å²) in [6.45, 7) is 1.57. The molecule has 3 heterocycles. The number of aromatic amines is 1. The Balaban J connectivity index is 1.58. The molecular weight excluding hydrogens is 268 g/mol. The van der Waals surface area contributed by atoms with Crippen molar-refractivity contribution in [1.82, 2.24) is 19.7 Å². The summed E-state index contributed by atoms with van der Waals surface area (Å²) in [6.07, 6.45) is 5.27. The predicted octanol–water partition coefficient (Wildman–Crippen LogP) is 0.978. The highest BCUT2D eigenvalue weighted by atomic mass is 16.2. The fourth-order valence-corrected chi connectivity index (χ4v) is 2.77. The van der Waals surface area contributed by atoms with Crippen molar-refractivity contribution >= 4 is 5.91 Å². The highest BCUT2D eigenvalue weighted by Crippen LogP contribution is 2.26. The number of piperidine rings is 1. The molecule has 1 amide bonds. The van der Waals surface area contributed by atoms with Gasteiger partial charge in [-0.25, -0.2) is 0 Å².